The molecule has 3 heterocycles. The van der Waals surface area contributed by atoms with Crippen molar-refractivity contribution in [1.82, 2.24) is 24.4 Å². The van der Waals surface area contributed by atoms with Crippen molar-refractivity contribution in [3.8, 4) is 0 Å². The van der Waals surface area contributed by atoms with Crippen LogP contribution in [0.15, 0.2) is 42.9 Å². The van der Waals surface area contributed by atoms with Crippen LogP contribution in [-0.2, 0) is 4.74 Å². The quantitative estimate of drug-likeness (QED) is 0.730. The molecule has 25 heavy (non-hydrogen) atoms. The van der Waals surface area contributed by atoms with Crippen LogP contribution in [-0.4, -0.2) is 56.6 Å². The van der Waals surface area contributed by atoms with Gasteiger partial charge in [0.1, 0.15) is 5.69 Å². The first kappa shape index (κ1) is 15.7. The summed E-state index contributed by atoms with van der Waals surface area (Å²) in [6, 6.07) is 10.2. The third-order valence-electron chi connectivity index (χ3n) is 4.50. The van der Waals surface area contributed by atoms with Crippen LogP contribution in [0.2, 0.25) is 0 Å². The molecule has 1 aromatic carbocycles. The summed E-state index contributed by atoms with van der Waals surface area (Å²) in [5.41, 5.74) is 2.65. The number of hydrogen-bond donors (Lipinski definition) is 0. The van der Waals surface area contributed by atoms with Gasteiger partial charge in [-0.15, -0.1) is 0 Å². The topological polar surface area (TPSA) is 73.1 Å². The molecule has 1 saturated heterocycles. The lowest BCUT2D eigenvalue weighted by molar-refractivity contribution is 0.0299. The number of nitrogens with zero attached hydrogens (tertiary/aromatic N) is 5. The number of rotatable bonds is 3. The number of fused-ring (bicyclic) bond motifs is 1. The fourth-order valence-electron chi connectivity index (χ4n) is 3.02. The van der Waals surface area contributed by atoms with Crippen molar-refractivity contribution in [2.45, 2.75) is 13.0 Å². The van der Waals surface area contributed by atoms with E-state index in [9.17, 15) is 4.79 Å². The van der Waals surface area contributed by atoms with E-state index in [4.69, 9.17) is 4.74 Å². The van der Waals surface area contributed by atoms with Crippen molar-refractivity contribution in [3.05, 3.63) is 54.1 Å². The maximum absolute atomic E-state index is 12.7. The number of imidazole rings is 1. The summed E-state index contributed by atoms with van der Waals surface area (Å²) in [7, 11) is 0. The Labute approximate surface area is 145 Å². The van der Waals surface area contributed by atoms with Crippen molar-refractivity contribution in [1.29, 1.82) is 0 Å². The molecule has 4 rings (SSSR count). The van der Waals surface area contributed by atoms with Gasteiger partial charge < -0.3 is 14.2 Å². The van der Waals surface area contributed by atoms with E-state index in [1.165, 1.54) is 6.20 Å². The first-order valence-corrected chi connectivity index (χ1v) is 8.35. The Bertz CT molecular complexity index is 887. The van der Waals surface area contributed by atoms with Crippen LogP contribution >= 0.6 is 0 Å². The fourth-order valence-corrected chi connectivity index (χ4v) is 3.02. The molecule has 0 radical (unpaired) electrons. The van der Waals surface area contributed by atoms with Crippen LogP contribution in [0.1, 0.15) is 29.0 Å². The van der Waals surface area contributed by atoms with E-state index in [-0.39, 0.29) is 11.9 Å². The van der Waals surface area contributed by atoms with Gasteiger partial charge in [0.05, 0.1) is 31.8 Å². The highest BCUT2D eigenvalue weighted by Gasteiger charge is 2.22. The van der Waals surface area contributed by atoms with E-state index >= 15 is 0 Å². The lowest BCUT2D eigenvalue weighted by Gasteiger charge is -2.26. The molecular formula is C18H19N5O2. The number of ether oxygens (including phenoxy) is 1. The van der Waals surface area contributed by atoms with Crippen molar-refractivity contribution >= 4 is 17.2 Å². The second-order valence-electron chi connectivity index (χ2n) is 6.05. The maximum Gasteiger partial charge on any atom is 0.274 e. The Morgan fingerprint density at radius 3 is 2.68 bits per heavy atom. The normalized spacial score (nSPS) is 16.1. The van der Waals surface area contributed by atoms with Crippen LogP contribution < -0.4 is 0 Å². The smallest absolute Gasteiger partial charge is 0.274 e. The van der Waals surface area contributed by atoms with E-state index in [0.717, 1.165) is 5.56 Å². The number of carbonyl (C=O) groups is 1. The highest BCUT2D eigenvalue weighted by atomic mass is 16.5. The first-order valence-electron chi connectivity index (χ1n) is 8.35. The minimum absolute atomic E-state index is 0.0502. The average Bonchev–Trinajstić information content (AvgIpc) is 3.11. The van der Waals surface area contributed by atoms with E-state index in [0.29, 0.717) is 43.3 Å². The largest absolute Gasteiger partial charge is 0.378 e. The van der Waals surface area contributed by atoms with Crippen molar-refractivity contribution in [3.63, 3.8) is 0 Å². The molecule has 1 atom stereocenters. The number of aromatic nitrogens is 4. The summed E-state index contributed by atoms with van der Waals surface area (Å²) in [5, 5.41) is 0. The number of hydrogen-bond acceptors (Lipinski definition) is 5. The van der Waals surface area contributed by atoms with Gasteiger partial charge in [-0.05, 0) is 12.5 Å². The molecule has 0 spiro atoms. The van der Waals surface area contributed by atoms with Gasteiger partial charge >= 0.3 is 0 Å². The predicted molar refractivity (Wildman–Crippen MR) is 92.3 cm³/mol. The van der Waals surface area contributed by atoms with Gasteiger partial charge in [-0.3, -0.25) is 4.79 Å². The Hall–Kier alpha value is -2.80. The van der Waals surface area contributed by atoms with Crippen LogP contribution in [0, 0.1) is 0 Å². The van der Waals surface area contributed by atoms with Crippen molar-refractivity contribution < 1.29 is 9.53 Å². The van der Waals surface area contributed by atoms with Crippen LogP contribution in [0.5, 0.6) is 0 Å². The van der Waals surface area contributed by atoms with E-state index in [1.807, 2.05) is 22.8 Å². The lowest BCUT2D eigenvalue weighted by atomic mass is 10.1. The Morgan fingerprint density at radius 1 is 1.16 bits per heavy atom. The highest BCUT2D eigenvalue weighted by molar-refractivity contribution is 5.93. The molecule has 0 aliphatic carbocycles. The molecule has 1 fully saturated rings. The van der Waals surface area contributed by atoms with Gasteiger partial charge in [0, 0.05) is 13.1 Å². The summed E-state index contributed by atoms with van der Waals surface area (Å²) in [5.74, 6) is -0.113. The van der Waals surface area contributed by atoms with Gasteiger partial charge in [-0.25, -0.2) is 15.0 Å². The van der Waals surface area contributed by atoms with E-state index < -0.39 is 0 Å². The second-order valence-corrected chi connectivity index (χ2v) is 6.05. The second kappa shape index (κ2) is 6.60. The molecule has 128 valence electrons. The average molecular weight is 337 g/mol. The molecule has 7 nitrogen and oxygen atoms in total. The van der Waals surface area contributed by atoms with Gasteiger partial charge in [0.25, 0.3) is 5.91 Å². The molecule has 1 amide bonds. The van der Waals surface area contributed by atoms with Gasteiger partial charge in [-0.2, -0.15) is 0 Å². The summed E-state index contributed by atoms with van der Waals surface area (Å²) in [6.45, 7) is 4.36. The van der Waals surface area contributed by atoms with E-state index in [1.54, 1.807) is 11.2 Å². The standard InChI is InChI=1S/C18H19N5O2/c1-13(14-5-3-2-4-6-14)23-12-20-16-17(23)21-15(11-19-16)18(24)22-7-9-25-10-8-22/h2-6,11-13H,7-10H2,1H3/t13-/m0/s1. The molecule has 0 saturated carbocycles. The van der Waals surface area contributed by atoms with Gasteiger partial charge in [0.2, 0.25) is 0 Å². The summed E-state index contributed by atoms with van der Waals surface area (Å²) < 4.78 is 7.25. The molecular weight excluding hydrogens is 318 g/mol. The SMILES string of the molecule is C[C@@H](c1ccccc1)n1cnc2ncc(C(=O)N3CCOCC3)nc21. The molecule has 1 aliphatic heterocycles. The Morgan fingerprint density at radius 2 is 1.92 bits per heavy atom. The highest BCUT2D eigenvalue weighted by Crippen LogP contribution is 2.21. The Balaban J connectivity index is 1.69. The fraction of sp³-hybridized carbons (Fsp3) is 0.333. The number of morpholine rings is 1. The molecule has 0 unspecified atom stereocenters. The summed E-state index contributed by atoms with van der Waals surface area (Å²) >= 11 is 0. The lowest BCUT2D eigenvalue weighted by Crippen LogP contribution is -2.41. The van der Waals surface area contributed by atoms with Gasteiger partial charge in [0.15, 0.2) is 11.3 Å². The van der Waals surface area contributed by atoms with Crippen LogP contribution in [0.3, 0.4) is 0 Å². The molecule has 2 aromatic heterocycles. The van der Waals surface area contributed by atoms with Crippen LogP contribution in [0.4, 0.5) is 0 Å². The van der Waals surface area contributed by atoms with Crippen molar-refractivity contribution in [2.24, 2.45) is 0 Å². The number of carbonyl (C=O) groups excluding carboxylic acids is 1. The summed E-state index contributed by atoms with van der Waals surface area (Å²) in [4.78, 5) is 27.6. The number of benzene rings is 1. The van der Waals surface area contributed by atoms with Crippen molar-refractivity contribution in [2.75, 3.05) is 26.3 Å². The zero-order valence-corrected chi connectivity index (χ0v) is 14.0. The zero-order valence-electron chi connectivity index (χ0n) is 14.0. The molecule has 1 aliphatic rings. The number of amides is 1. The molecule has 0 N–H and O–H groups in total. The maximum atomic E-state index is 12.7. The van der Waals surface area contributed by atoms with E-state index in [2.05, 4.69) is 34.0 Å². The monoisotopic (exact) mass is 337 g/mol. The van der Waals surface area contributed by atoms with Crippen LogP contribution in [0.25, 0.3) is 11.3 Å². The minimum Gasteiger partial charge on any atom is -0.378 e. The third kappa shape index (κ3) is 2.98. The molecule has 3 aromatic rings. The van der Waals surface area contributed by atoms with Gasteiger partial charge in [-0.1, -0.05) is 30.3 Å². The minimum atomic E-state index is -0.113. The Kier molecular flexibility index (Phi) is 4.15. The summed E-state index contributed by atoms with van der Waals surface area (Å²) in [6.07, 6.45) is 3.23. The third-order valence-corrected chi connectivity index (χ3v) is 4.50. The predicted octanol–water partition coefficient (Wildman–Crippen LogP) is 1.91. The first-order chi connectivity index (χ1) is 12.2. The zero-order chi connectivity index (χ0) is 17.2. The molecule has 7 heteroatoms. The molecule has 0 bridgehead atoms.